The fourth-order valence-electron chi connectivity index (χ4n) is 4.69. The highest BCUT2D eigenvalue weighted by Gasteiger charge is 2.43. The molecule has 0 amide bonds. The van der Waals surface area contributed by atoms with E-state index >= 15 is 0 Å². The molecule has 0 N–H and O–H groups in total. The number of hydrogen-bond donors (Lipinski definition) is 0. The Balaban J connectivity index is 1.48. The minimum absolute atomic E-state index is 0.0191. The summed E-state index contributed by atoms with van der Waals surface area (Å²) in [6.45, 7) is 2.83. The largest absolute Gasteiger partial charge is 0.471 e. The SMILES string of the molecule is Cc1cnc(O[C@@H]2C[C@H]3CC[C@@H]2N(c2cccc(-c4ncccn4)c2C=O)C3)cn1. The van der Waals surface area contributed by atoms with Gasteiger partial charge in [-0.1, -0.05) is 12.1 Å². The van der Waals surface area contributed by atoms with Gasteiger partial charge in [0.2, 0.25) is 5.88 Å². The summed E-state index contributed by atoms with van der Waals surface area (Å²) in [6.07, 6.45) is 10.9. The van der Waals surface area contributed by atoms with Gasteiger partial charge in [0.15, 0.2) is 12.1 Å². The molecule has 7 heteroatoms. The Labute approximate surface area is 175 Å². The number of rotatable bonds is 5. The number of benzene rings is 1. The van der Waals surface area contributed by atoms with Gasteiger partial charge in [-0.05, 0) is 44.2 Å². The molecule has 3 fully saturated rings. The molecule has 3 atom stereocenters. The molecule has 1 aromatic carbocycles. The number of carbonyl (C=O) groups excluding carboxylic acids is 1. The van der Waals surface area contributed by atoms with Crippen LogP contribution in [0.4, 0.5) is 5.69 Å². The zero-order valence-corrected chi connectivity index (χ0v) is 16.8. The lowest BCUT2D eigenvalue weighted by atomic mass is 9.77. The van der Waals surface area contributed by atoms with E-state index in [1.54, 1.807) is 30.9 Å². The van der Waals surface area contributed by atoms with Crippen LogP contribution in [0.15, 0.2) is 49.1 Å². The van der Waals surface area contributed by atoms with E-state index in [9.17, 15) is 4.79 Å². The van der Waals surface area contributed by atoms with Gasteiger partial charge in [-0.25, -0.2) is 15.0 Å². The van der Waals surface area contributed by atoms with Gasteiger partial charge in [0.1, 0.15) is 6.10 Å². The third-order valence-corrected chi connectivity index (χ3v) is 6.07. The maximum Gasteiger partial charge on any atom is 0.232 e. The van der Waals surface area contributed by atoms with Crippen LogP contribution in [0.5, 0.6) is 5.88 Å². The molecule has 7 nitrogen and oxygen atoms in total. The minimum Gasteiger partial charge on any atom is -0.471 e. The number of carbonyl (C=O) groups is 1. The van der Waals surface area contributed by atoms with Crippen molar-refractivity contribution in [3.8, 4) is 17.3 Å². The summed E-state index contributed by atoms with van der Waals surface area (Å²) in [5.74, 6) is 1.64. The van der Waals surface area contributed by atoms with Crippen molar-refractivity contribution in [2.24, 2.45) is 5.92 Å². The van der Waals surface area contributed by atoms with Crippen LogP contribution in [0.1, 0.15) is 35.3 Å². The van der Waals surface area contributed by atoms with Crippen molar-refractivity contribution in [2.75, 3.05) is 11.4 Å². The molecule has 152 valence electrons. The number of piperidine rings is 2. The van der Waals surface area contributed by atoms with Crippen LogP contribution in [-0.2, 0) is 0 Å². The Morgan fingerprint density at radius 2 is 1.93 bits per heavy atom. The van der Waals surface area contributed by atoms with Crippen molar-refractivity contribution in [3.05, 3.63) is 60.3 Å². The van der Waals surface area contributed by atoms with Crippen LogP contribution in [-0.4, -0.2) is 44.9 Å². The zero-order chi connectivity index (χ0) is 20.5. The quantitative estimate of drug-likeness (QED) is 0.605. The fraction of sp³-hybridized carbons (Fsp3) is 0.348. The van der Waals surface area contributed by atoms with Crippen molar-refractivity contribution in [1.82, 2.24) is 19.9 Å². The summed E-state index contributed by atoms with van der Waals surface area (Å²) in [6, 6.07) is 7.84. The second-order valence-corrected chi connectivity index (χ2v) is 7.98. The lowest BCUT2D eigenvalue weighted by Crippen LogP contribution is -2.58. The van der Waals surface area contributed by atoms with Crippen molar-refractivity contribution in [1.29, 1.82) is 0 Å². The smallest absolute Gasteiger partial charge is 0.232 e. The van der Waals surface area contributed by atoms with Gasteiger partial charge in [0.25, 0.3) is 0 Å². The van der Waals surface area contributed by atoms with E-state index in [4.69, 9.17) is 4.74 Å². The van der Waals surface area contributed by atoms with Crippen molar-refractivity contribution < 1.29 is 9.53 Å². The summed E-state index contributed by atoms with van der Waals surface area (Å²) < 4.78 is 6.26. The average Bonchev–Trinajstić information content (AvgIpc) is 2.81. The van der Waals surface area contributed by atoms with Crippen LogP contribution in [0.2, 0.25) is 0 Å². The molecule has 4 heterocycles. The van der Waals surface area contributed by atoms with Gasteiger partial charge in [-0.3, -0.25) is 9.78 Å². The molecule has 6 rings (SSSR count). The summed E-state index contributed by atoms with van der Waals surface area (Å²) in [4.78, 5) is 31.8. The first-order valence-corrected chi connectivity index (χ1v) is 10.3. The lowest BCUT2D eigenvalue weighted by molar-refractivity contribution is 0.0658. The summed E-state index contributed by atoms with van der Waals surface area (Å²) in [5.41, 5.74) is 3.18. The van der Waals surface area contributed by atoms with E-state index in [2.05, 4.69) is 24.8 Å². The predicted octanol–water partition coefficient (Wildman–Crippen LogP) is 3.49. The number of aryl methyl sites for hydroxylation is 1. The van der Waals surface area contributed by atoms with E-state index in [0.29, 0.717) is 23.2 Å². The maximum absolute atomic E-state index is 12.1. The zero-order valence-electron chi connectivity index (χ0n) is 16.8. The van der Waals surface area contributed by atoms with Crippen LogP contribution < -0.4 is 9.64 Å². The fourth-order valence-corrected chi connectivity index (χ4v) is 4.69. The molecule has 0 radical (unpaired) electrons. The molecule has 1 saturated carbocycles. The second-order valence-electron chi connectivity index (χ2n) is 7.98. The highest BCUT2D eigenvalue weighted by Crippen LogP contribution is 2.41. The van der Waals surface area contributed by atoms with Gasteiger partial charge < -0.3 is 9.64 Å². The molecule has 0 unspecified atom stereocenters. The number of aldehydes is 1. The first kappa shape index (κ1) is 18.7. The predicted molar refractivity (Wildman–Crippen MR) is 113 cm³/mol. The Bertz CT molecular complexity index is 1040. The Morgan fingerprint density at radius 3 is 2.67 bits per heavy atom. The van der Waals surface area contributed by atoms with Gasteiger partial charge >= 0.3 is 0 Å². The monoisotopic (exact) mass is 401 g/mol. The average molecular weight is 401 g/mol. The normalized spacial score (nSPS) is 22.7. The maximum atomic E-state index is 12.1. The molecule has 3 aliphatic rings. The number of aromatic nitrogens is 4. The molecular weight excluding hydrogens is 378 g/mol. The van der Waals surface area contributed by atoms with E-state index in [-0.39, 0.29) is 12.1 Å². The standard InChI is InChI=1S/C23H23N5O2/c1-15-11-27-22(12-26-15)30-21-10-16-6-7-20(21)28(13-16)19-5-2-4-17(18(19)14-29)23-24-8-3-9-25-23/h2-5,8-9,11-12,14,16,20-21H,6-7,10,13H2,1H3/t16-,20+,21-/m1/s1. The van der Waals surface area contributed by atoms with Gasteiger partial charge in [-0.2, -0.15) is 0 Å². The van der Waals surface area contributed by atoms with Crippen LogP contribution >= 0.6 is 0 Å². The molecule has 3 aromatic rings. The topological polar surface area (TPSA) is 81.1 Å². The third-order valence-electron chi connectivity index (χ3n) is 6.07. The second kappa shape index (κ2) is 7.82. The minimum atomic E-state index is 0.0191. The molecule has 1 aliphatic carbocycles. The Morgan fingerprint density at radius 1 is 1.07 bits per heavy atom. The lowest BCUT2D eigenvalue weighted by Gasteiger charge is -2.50. The first-order chi connectivity index (χ1) is 14.7. The van der Waals surface area contributed by atoms with Crippen molar-refractivity contribution in [2.45, 2.75) is 38.3 Å². The van der Waals surface area contributed by atoms with Gasteiger partial charge in [0.05, 0.1) is 24.1 Å². The number of nitrogens with zero attached hydrogens (tertiary/aromatic N) is 5. The molecule has 2 saturated heterocycles. The Hall–Kier alpha value is -3.35. The van der Waals surface area contributed by atoms with E-state index in [0.717, 1.165) is 42.6 Å². The number of ether oxygens (including phenoxy) is 1. The summed E-state index contributed by atoms with van der Waals surface area (Å²) >= 11 is 0. The molecule has 2 aliphatic heterocycles. The van der Waals surface area contributed by atoms with E-state index < -0.39 is 0 Å². The highest BCUT2D eigenvalue weighted by molar-refractivity contribution is 5.93. The first-order valence-electron chi connectivity index (χ1n) is 10.3. The van der Waals surface area contributed by atoms with Crippen molar-refractivity contribution in [3.63, 3.8) is 0 Å². The molecular formula is C23H23N5O2. The van der Waals surface area contributed by atoms with Crippen LogP contribution in [0, 0.1) is 12.8 Å². The molecule has 2 aromatic heterocycles. The van der Waals surface area contributed by atoms with E-state index in [1.807, 2.05) is 25.1 Å². The number of fused-ring (bicyclic) bond motifs is 3. The highest BCUT2D eigenvalue weighted by atomic mass is 16.5. The number of hydrogen-bond acceptors (Lipinski definition) is 7. The molecule has 30 heavy (non-hydrogen) atoms. The van der Waals surface area contributed by atoms with Crippen molar-refractivity contribution >= 4 is 12.0 Å². The third kappa shape index (κ3) is 3.40. The van der Waals surface area contributed by atoms with Crippen LogP contribution in [0.25, 0.3) is 11.4 Å². The van der Waals surface area contributed by atoms with Gasteiger partial charge in [-0.15, -0.1) is 0 Å². The number of anilines is 1. The molecule has 0 spiro atoms. The Kier molecular flexibility index (Phi) is 4.86. The van der Waals surface area contributed by atoms with Gasteiger partial charge in [0, 0.05) is 35.8 Å². The van der Waals surface area contributed by atoms with Crippen LogP contribution in [0.3, 0.4) is 0 Å². The summed E-state index contributed by atoms with van der Waals surface area (Å²) in [7, 11) is 0. The summed E-state index contributed by atoms with van der Waals surface area (Å²) in [5, 5.41) is 0. The van der Waals surface area contributed by atoms with E-state index in [1.165, 1.54) is 6.42 Å². The molecule has 2 bridgehead atoms.